The molecule has 0 heterocycles. The van der Waals surface area contributed by atoms with Gasteiger partial charge in [-0.3, -0.25) is 4.79 Å². The first-order valence-corrected chi connectivity index (χ1v) is 4.96. The van der Waals surface area contributed by atoms with Crippen molar-refractivity contribution in [1.82, 2.24) is 0 Å². The lowest BCUT2D eigenvalue weighted by Crippen LogP contribution is -1.99. The first-order valence-electron chi connectivity index (χ1n) is 3.88. The summed E-state index contributed by atoms with van der Waals surface area (Å²) in [6.07, 6.45) is 0. The number of nitriles is 1. The number of carbonyl (C=O) groups is 1. The third kappa shape index (κ3) is 2.04. The van der Waals surface area contributed by atoms with Crippen LogP contribution in [-0.2, 0) is 0 Å². The van der Waals surface area contributed by atoms with Crippen LogP contribution in [0.2, 0.25) is 0 Å². The second kappa shape index (κ2) is 4.42. The summed E-state index contributed by atoms with van der Waals surface area (Å²) in [5.41, 5.74) is 0.799. The van der Waals surface area contributed by atoms with Crippen LogP contribution in [0.3, 0.4) is 0 Å². The molecule has 0 aliphatic carbocycles. The number of hydrogen-bond donors (Lipinski definition) is 0. The van der Waals surface area contributed by atoms with Crippen molar-refractivity contribution in [1.29, 1.82) is 5.26 Å². The number of hydrogen-bond acceptors (Lipinski definition) is 3. The zero-order chi connectivity index (χ0) is 10.7. The fourth-order valence-corrected chi connectivity index (χ4v) is 1.78. The number of ketones is 1. The van der Waals surface area contributed by atoms with Crippen molar-refractivity contribution in [2.24, 2.45) is 0 Å². The minimum absolute atomic E-state index is 0.128. The molecule has 3 nitrogen and oxygen atoms in total. The Morgan fingerprint density at radius 1 is 1.57 bits per heavy atom. The monoisotopic (exact) mass is 301 g/mol. The zero-order valence-corrected chi connectivity index (χ0v) is 9.95. The van der Waals surface area contributed by atoms with Crippen LogP contribution >= 0.6 is 22.6 Å². The number of benzene rings is 1. The first kappa shape index (κ1) is 11.0. The summed E-state index contributed by atoms with van der Waals surface area (Å²) in [7, 11) is 1.54. The maximum atomic E-state index is 11.2. The van der Waals surface area contributed by atoms with Crippen molar-refractivity contribution in [2.45, 2.75) is 6.92 Å². The average Bonchev–Trinajstić information content (AvgIpc) is 2.16. The van der Waals surface area contributed by atoms with Crippen LogP contribution < -0.4 is 4.74 Å². The average molecular weight is 301 g/mol. The Morgan fingerprint density at radius 2 is 2.21 bits per heavy atom. The Kier molecular flexibility index (Phi) is 3.47. The van der Waals surface area contributed by atoms with Gasteiger partial charge in [0, 0.05) is 5.56 Å². The van der Waals surface area contributed by atoms with Crippen LogP contribution in [0.4, 0.5) is 0 Å². The molecule has 1 aromatic carbocycles. The highest BCUT2D eigenvalue weighted by Gasteiger charge is 2.11. The maximum Gasteiger partial charge on any atom is 0.161 e. The Balaban J connectivity index is 3.42. The van der Waals surface area contributed by atoms with E-state index >= 15 is 0 Å². The summed E-state index contributed by atoms with van der Waals surface area (Å²) in [6.45, 7) is 1.43. The standard InChI is InChI=1S/C10H8INO2/c1-6(13)8-4-10(14-2)9(11)3-7(8)5-12/h3-4H,1-2H3. The summed E-state index contributed by atoms with van der Waals surface area (Å²) in [5, 5.41) is 8.81. The summed E-state index contributed by atoms with van der Waals surface area (Å²) < 4.78 is 5.89. The summed E-state index contributed by atoms with van der Waals surface area (Å²) >= 11 is 2.06. The second-order valence-electron chi connectivity index (χ2n) is 2.70. The molecule has 1 rings (SSSR count). The Morgan fingerprint density at radius 3 is 2.64 bits per heavy atom. The highest BCUT2D eigenvalue weighted by Crippen LogP contribution is 2.25. The van der Waals surface area contributed by atoms with Crippen LogP contribution in [0, 0.1) is 14.9 Å². The number of methoxy groups -OCH3 is 1. The van der Waals surface area contributed by atoms with Crippen molar-refractivity contribution in [3.63, 3.8) is 0 Å². The van der Waals surface area contributed by atoms with E-state index in [1.54, 1.807) is 12.1 Å². The predicted octanol–water partition coefficient (Wildman–Crippen LogP) is 2.37. The Labute approximate surface area is 95.8 Å². The quantitative estimate of drug-likeness (QED) is 0.622. The zero-order valence-electron chi connectivity index (χ0n) is 7.80. The van der Waals surface area contributed by atoms with Crippen LogP contribution in [0.15, 0.2) is 12.1 Å². The molecule has 0 saturated carbocycles. The molecule has 0 amide bonds. The van der Waals surface area contributed by atoms with Gasteiger partial charge in [-0.05, 0) is 41.6 Å². The smallest absolute Gasteiger partial charge is 0.161 e. The van der Waals surface area contributed by atoms with Gasteiger partial charge in [-0.15, -0.1) is 0 Å². The van der Waals surface area contributed by atoms with Crippen molar-refractivity contribution in [3.8, 4) is 11.8 Å². The molecule has 0 fully saturated rings. The summed E-state index contributed by atoms with van der Waals surface area (Å²) in [4.78, 5) is 11.2. The number of rotatable bonds is 2. The van der Waals surface area contributed by atoms with Crippen molar-refractivity contribution in [3.05, 3.63) is 26.8 Å². The summed E-state index contributed by atoms with van der Waals surface area (Å²) in [5.74, 6) is 0.492. The van der Waals surface area contributed by atoms with E-state index in [2.05, 4.69) is 22.6 Å². The molecule has 0 unspecified atom stereocenters. The molecule has 0 aliphatic heterocycles. The van der Waals surface area contributed by atoms with Gasteiger partial charge < -0.3 is 4.74 Å². The molecule has 0 N–H and O–H groups in total. The number of carbonyl (C=O) groups excluding carboxylic acids is 1. The van der Waals surface area contributed by atoms with Gasteiger partial charge in [0.15, 0.2) is 5.78 Å². The van der Waals surface area contributed by atoms with E-state index in [1.807, 2.05) is 6.07 Å². The number of Topliss-reactive ketones (excluding diaryl/α,β-unsaturated/α-hetero) is 1. The van der Waals surface area contributed by atoms with E-state index in [4.69, 9.17) is 10.00 Å². The third-order valence-electron chi connectivity index (χ3n) is 1.79. The topological polar surface area (TPSA) is 50.1 Å². The molecular weight excluding hydrogens is 293 g/mol. The SMILES string of the molecule is COc1cc(C(C)=O)c(C#N)cc1I. The van der Waals surface area contributed by atoms with Crippen molar-refractivity contribution >= 4 is 28.4 Å². The van der Waals surface area contributed by atoms with E-state index in [0.717, 1.165) is 3.57 Å². The number of ether oxygens (including phenoxy) is 1. The lowest BCUT2D eigenvalue weighted by Gasteiger charge is -2.06. The largest absolute Gasteiger partial charge is 0.496 e. The Bertz CT molecular complexity index is 421. The van der Waals surface area contributed by atoms with Crippen LogP contribution in [0.1, 0.15) is 22.8 Å². The van der Waals surface area contributed by atoms with Crippen LogP contribution in [-0.4, -0.2) is 12.9 Å². The van der Waals surface area contributed by atoms with E-state index < -0.39 is 0 Å². The molecule has 0 saturated heterocycles. The molecule has 1 aromatic rings. The van der Waals surface area contributed by atoms with E-state index in [-0.39, 0.29) is 5.78 Å². The normalized spacial score (nSPS) is 9.29. The van der Waals surface area contributed by atoms with Gasteiger partial charge in [-0.2, -0.15) is 5.26 Å². The van der Waals surface area contributed by atoms with Crippen molar-refractivity contribution in [2.75, 3.05) is 7.11 Å². The van der Waals surface area contributed by atoms with Crippen molar-refractivity contribution < 1.29 is 9.53 Å². The highest BCUT2D eigenvalue weighted by atomic mass is 127. The predicted molar refractivity (Wildman–Crippen MR) is 60.4 cm³/mol. The molecule has 0 aromatic heterocycles. The van der Waals surface area contributed by atoms with Gasteiger partial charge in [-0.25, -0.2) is 0 Å². The van der Waals surface area contributed by atoms with Gasteiger partial charge >= 0.3 is 0 Å². The van der Waals surface area contributed by atoms with Gasteiger partial charge in [0.25, 0.3) is 0 Å². The molecular formula is C10H8INO2. The van der Waals surface area contributed by atoms with E-state index in [1.165, 1.54) is 14.0 Å². The molecule has 0 radical (unpaired) electrons. The van der Waals surface area contributed by atoms with Gasteiger partial charge in [0.1, 0.15) is 5.75 Å². The van der Waals surface area contributed by atoms with Gasteiger partial charge in [0.05, 0.1) is 22.3 Å². The first-order chi connectivity index (χ1) is 6.60. The third-order valence-corrected chi connectivity index (χ3v) is 2.63. The molecule has 0 spiro atoms. The maximum absolute atomic E-state index is 11.2. The fraction of sp³-hybridized carbons (Fsp3) is 0.200. The van der Waals surface area contributed by atoms with Gasteiger partial charge in [0.2, 0.25) is 0 Å². The molecule has 4 heteroatoms. The highest BCUT2D eigenvalue weighted by molar-refractivity contribution is 14.1. The number of halogens is 1. The molecule has 14 heavy (non-hydrogen) atoms. The van der Waals surface area contributed by atoms with Crippen LogP contribution in [0.25, 0.3) is 0 Å². The van der Waals surface area contributed by atoms with Crippen LogP contribution in [0.5, 0.6) is 5.75 Å². The molecule has 0 aliphatic rings. The lowest BCUT2D eigenvalue weighted by atomic mass is 10.1. The van der Waals surface area contributed by atoms with E-state index in [0.29, 0.717) is 16.9 Å². The minimum Gasteiger partial charge on any atom is -0.496 e. The molecule has 0 bridgehead atoms. The Hall–Kier alpha value is -1.09. The lowest BCUT2D eigenvalue weighted by molar-refractivity contribution is 0.101. The minimum atomic E-state index is -0.128. The summed E-state index contributed by atoms with van der Waals surface area (Å²) in [6, 6.07) is 5.24. The number of nitrogens with zero attached hydrogens (tertiary/aromatic N) is 1. The fourth-order valence-electron chi connectivity index (χ4n) is 1.09. The molecule has 72 valence electrons. The second-order valence-corrected chi connectivity index (χ2v) is 3.86. The van der Waals surface area contributed by atoms with E-state index in [9.17, 15) is 4.79 Å². The molecule has 0 atom stereocenters. The van der Waals surface area contributed by atoms with Gasteiger partial charge in [-0.1, -0.05) is 0 Å².